The van der Waals surface area contributed by atoms with Gasteiger partial charge in [-0.1, -0.05) is 50.6 Å². The lowest BCUT2D eigenvalue weighted by Crippen LogP contribution is -1.90. The van der Waals surface area contributed by atoms with E-state index in [0.717, 1.165) is 12.3 Å². The van der Waals surface area contributed by atoms with Gasteiger partial charge in [0.15, 0.2) is 0 Å². The molecule has 0 aromatic rings. The molecule has 0 fully saturated rings. The van der Waals surface area contributed by atoms with Crippen LogP contribution in [0.25, 0.3) is 0 Å². The van der Waals surface area contributed by atoms with Gasteiger partial charge in [-0.3, -0.25) is 0 Å². The molecule has 66 valence electrons. The van der Waals surface area contributed by atoms with Crippen LogP contribution in [0.3, 0.4) is 0 Å². The fourth-order valence-electron chi connectivity index (χ4n) is 1.20. The molecule has 0 spiro atoms. The maximum Gasteiger partial charge on any atom is -0.00975 e. The van der Waals surface area contributed by atoms with Crippen LogP contribution in [0.2, 0.25) is 0 Å². The normalized spacial score (nSPS) is 21.7. The van der Waals surface area contributed by atoms with Crippen LogP contribution >= 0.6 is 0 Å². The average Bonchev–Trinajstić information content (AvgIpc) is 2.16. The van der Waals surface area contributed by atoms with E-state index in [9.17, 15) is 0 Å². The van der Waals surface area contributed by atoms with Crippen LogP contribution in [0, 0.1) is 5.92 Å². The Labute approximate surface area is 75.7 Å². The highest BCUT2D eigenvalue weighted by Crippen LogP contribution is 2.14. The van der Waals surface area contributed by atoms with Gasteiger partial charge in [0.05, 0.1) is 0 Å². The third kappa shape index (κ3) is 3.08. The lowest BCUT2D eigenvalue weighted by Gasteiger charge is -2.06. The fourth-order valence-corrected chi connectivity index (χ4v) is 1.20. The molecule has 0 heterocycles. The van der Waals surface area contributed by atoms with Crippen molar-refractivity contribution in [2.24, 2.45) is 5.92 Å². The highest BCUT2D eigenvalue weighted by atomic mass is 14.0. The van der Waals surface area contributed by atoms with E-state index in [1.165, 1.54) is 18.4 Å². The zero-order chi connectivity index (χ0) is 8.81. The van der Waals surface area contributed by atoms with Crippen LogP contribution < -0.4 is 0 Å². The highest BCUT2D eigenvalue weighted by Gasteiger charge is 1.97. The Morgan fingerprint density at radius 2 is 2.33 bits per heavy atom. The second kappa shape index (κ2) is 4.97. The van der Waals surface area contributed by atoms with E-state index >= 15 is 0 Å². The molecule has 0 heteroatoms. The molecule has 0 saturated heterocycles. The third-order valence-electron chi connectivity index (χ3n) is 2.39. The van der Waals surface area contributed by atoms with Crippen molar-refractivity contribution in [3.8, 4) is 0 Å². The van der Waals surface area contributed by atoms with E-state index in [1.54, 1.807) is 0 Å². The largest absolute Gasteiger partial charge is 0.0807 e. The van der Waals surface area contributed by atoms with Crippen molar-refractivity contribution >= 4 is 0 Å². The van der Waals surface area contributed by atoms with Gasteiger partial charge in [-0.25, -0.2) is 0 Å². The number of allylic oxidation sites excluding steroid dienone is 6. The molecule has 1 rings (SSSR count). The monoisotopic (exact) mass is 162 g/mol. The van der Waals surface area contributed by atoms with E-state index in [2.05, 4.69) is 44.2 Å². The van der Waals surface area contributed by atoms with Crippen LogP contribution in [0.4, 0.5) is 0 Å². The molecular weight excluding hydrogens is 144 g/mol. The molecule has 1 aliphatic rings. The van der Waals surface area contributed by atoms with Gasteiger partial charge in [0.2, 0.25) is 0 Å². The minimum absolute atomic E-state index is 0.830. The summed E-state index contributed by atoms with van der Waals surface area (Å²) in [5.41, 5.74) is 1.47. The maximum atomic E-state index is 2.37. The molecular formula is C12H18. The van der Waals surface area contributed by atoms with Crippen molar-refractivity contribution in [3.05, 3.63) is 36.0 Å². The molecule has 0 radical (unpaired) electrons. The smallest absolute Gasteiger partial charge is 0.00975 e. The lowest BCUT2D eigenvalue weighted by molar-refractivity contribution is 0.570. The Morgan fingerprint density at radius 3 is 2.92 bits per heavy atom. The Hall–Kier alpha value is -0.780. The van der Waals surface area contributed by atoms with Gasteiger partial charge >= 0.3 is 0 Å². The van der Waals surface area contributed by atoms with Gasteiger partial charge < -0.3 is 0 Å². The van der Waals surface area contributed by atoms with Gasteiger partial charge in [0.1, 0.15) is 0 Å². The first-order valence-corrected chi connectivity index (χ1v) is 4.85. The van der Waals surface area contributed by atoms with E-state index in [4.69, 9.17) is 0 Å². The topological polar surface area (TPSA) is 0 Å². The minimum Gasteiger partial charge on any atom is -0.0807 e. The summed E-state index contributed by atoms with van der Waals surface area (Å²) in [6.07, 6.45) is 14.6. The quantitative estimate of drug-likeness (QED) is 0.591. The summed E-state index contributed by atoms with van der Waals surface area (Å²) in [6, 6.07) is 0. The Balaban J connectivity index is 2.37. The van der Waals surface area contributed by atoms with Crippen molar-refractivity contribution in [3.63, 3.8) is 0 Å². The second-order valence-electron chi connectivity index (χ2n) is 3.52. The zero-order valence-corrected chi connectivity index (χ0v) is 8.09. The summed E-state index contributed by atoms with van der Waals surface area (Å²) in [4.78, 5) is 0. The van der Waals surface area contributed by atoms with E-state index in [-0.39, 0.29) is 0 Å². The number of hydrogen-bond acceptors (Lipinski definition) is 0. The minimum atomic E-state index is 0.830. The predicted octanol–water partition coefficient (Wildman–Crippen LogP) is 3.87. The van der Waals surface area contributed by atoms with Crippen molar-refractivity contribution < 1.29 is 0 Å². The maximum absolute atomic E-state index is 2.37. The van der Waals surface area contributed by atoms with Gasteiger partial charge in [0.25, 0.3) is 0 Å². The summed E-state index contributed by atoms with van der Waals surface area (Å²) >= 11 is 0. The molecule has 0 amide bonds. The third-order valence-corrected chi connectivity index (χ3v) is 2.39. The van der Waals surface area contributed by atoms with Crippen LogP contribution in [0.1, 0.15) is 33.1 Å². The SMILES string of the molecule is CCC(C)CC=C1C=CC=CC1. The summed E-state index contributed by atoms with van der Waals surface area (Å²) in [6.45, 7) is 4.55. The lowest BCUT2D eigenvalue weighted by atomic mass is 10.0. The van der Waals surface area contributed by atoms with E-state index in [0.29, 0.717) is 0 Å². The molecule has 0 aromatic carbocycles. The molecule has 1 unspecified atom stereocenters. The van der Waals surface area contributed by atoms with Crippen LogP contribution in [0.5, 0.6) is 0 Å². The van der Waals surface area contributed by atoms with Gasteiger partial charge in [-0.2, -0.15) is 0 Å². The van der Waals surface area contributed by atoms with Gasteiger partial charge in [-0.15, -0.1) is 0 Å². The van der Waals surface area contributed by atoms with Crippen molar-refractivity contribution in [2.75, 3.05) is 0 Å². The molecule has 0 nitrogen and oxygen atoms in total. The van der Waals surface area contributed by atoms with E-state index < -0.39 is 0 Å². The van der Waals surface area contributed by atoms with Crippen LogP contribution in [-0.4, -0.2) is 0 Å². The Bertz CT molecular complexity index is 206. The molecule has 0 bridgehead atoms. The fraction of sp³-hybridized carbons (Fsp3) is 0.500. The number of rotatable bonds is 3. The first-order chi connectivity index (χ1) is 5.83. The van der Waals surface area contributed by atoms with Crippen molar-refractivity contribution in [1.82, 2.24) is 0 Å². The Kier molecular flexibility index (Phi) is 3.86. The molecule has 0 saturated carbocycles. The first-order valence-electron chi connectivity index (χ1n) is 4.85. The molecule has 0 aliphatic heterocycles. The van der Waals surface area contributed by atoms with E-state index in [1.807, 2.05) is 0 Å². The summed E-state index contributed by atoms with van der Waals surface area (Å²) in [7, 11) is 0. The standard InChI is InChI=1S/C12H18/c1-3-11(2)9-10-12-7-5-4-6-8-12/h4-7,10-11H,3,8-9H2,1-2H3. The van der Waals surface area contributed by atoms with Crippen LogP contribution in [0.15, 0.2) is 36.0 Å². The Morgan fingerprint density at radius 1 is 1.50 bits per heavy atom. The summed E-state index contributed by atoms with van der Waals surface area (Å²) < 4.78 is 0. The van der Waals surface area contributed by atoms with Gasteiger partial charge in [0, 0.05) is 0 Å². The molecule has 0 aromatic heterocycles. The molecule has 1 atom stereocenters. The molecule has 12 heavy (non-hydrogen) atoms. The van der Waals surface area contributed by atoms with Crippen molar-refractivity contribution in [2.45, 2.75) is 33.1 Å². The second-order valence-corrected chi connectivity index (χ2v) is 3.52. The molecule has 1 aliphatic carbocycles. The predicted molar refractivity (Wildman–Crippen MR) is 55.1 cm³/mol. The van der Waals surface area contributed by atoms with Gasteiger partial charge in [-0.05, 0) is 24.3 Å². The van der Waals surface area contributed by atoms with Crippen LogP contribution in [-0.2, 0) is 0 Å². The summed E-state index contributed by atoms with van der Waals surface area (Å²) in [5, 5.41) is 0. The average molecular weight is 162 g/mol. The highest BCUT2D eigenvalue weighted by molar-refractivity contribution is 5.29. The van der Waals surface area contributed by atoms with Crippen molar-refractivity contribution in [1.29, 1.82) is 0 Å². The first kappa shape index (κ1) is 9.31. The number of hydrogen-bond donors (Lipinski definition) is 0. The summed E-state index contributed by atoms with van der Waals surface area (Å²) in [5.74, 6) is 0.830. The zero-order valence-electron chi connectivity index (χ0n) is 8.09. The molecule has 0 N–H and O–H groups in total.